The zero-order chi connectivity index (χ0) is 85.4. The van der Waals surface area contributed by atoms with Gasteiger partial charge in [0.05, 0.1) is 69.1 Å². The molecule has 0 fully saturated rings. The Hall–Kier alpha value is -12.1. The Labute approximate surface area is 585 Å². The van der Waals surface area contributed by atoms with Gasteiger partial charge in [-0.2, -0.15) is 0 Å². The van der Waals surface area contributed by atoms with Crippen LogP contribution in [-0.4, -0.2) is 15.8 Å². The van der Waals surface area contributed by atoms with Crippen LogP contribution in [0.5, 0.6) is 0 Å². The van der Waals surface area contributed by atoms with Gasteiger partial charge in [-0.15, -0.1) is 0 Å². The molecule has 0 unspecified atom stereocenters. The van der Waals surface area contributed by atoms with Crippen molar-refractivity contribution >= 4 is 145 Å². The van der Waals surface area contributed by atoms with Gasteiger partial charge in [0, 0.05) is 88.3 Å². The summed E-state index contributed by atoms with van der Waals surface area (Å²) >= 11 is 0. The van der Waals surface area contributed by atoms with Crippen LogP contribution in [0, 0.1) is 0 Å². The molecule has 4 aromatic heterocycles. The summed E-state index contributed by atoms with van der Waals surface area (Å²) in [6.45, 7) is 4.13. The van der Waals surface area contributed by atoms with Crippen molar-refractivity contribution in [2.45, 2.75) is 26.2 Å². The van der Waals surface area contributed by atoms with Crippen molar-refractivity contribution in [2.75, 3.05) is 9.80 Å². The summed E-state index contributed by atoms with van der Waals surface area (Å²) in [7, 11) is 0. The number of fused-ring (bicyclic) bond motifs is 16. The molecule has 0 spiro atoms. The van der Waals surface area contributed by atoms with Crippen molar-refractivity contribution in [3.8, 4) is 44.8 Å². The molecule has 0 bridgehead atoms. The molecule has 18 aromatic rings. The van der Waals surface area contributed by atoms with Gasteiger partial charge in [0.15, 0.2) is 11.2 Å². The fraction of sp³-hybridized carbons (Fsp3) is 0.0455. The van der Waals surface area contributed by atoms with Gasteiger partial charge in [-0.1, -0.05) is 233 Å². The van der Waals surface area contributed by atoms with E-state index in [2.05, 4.69) is 0 Å². The number of aromatic nitrogens is 2. The van der Waals surface area contributed by atoms with Crippen LogP contribution in [0.4, 0.5) is 34.1 Å². The maximum atomic E-state index is 11.7. The van der Waals surface area contributed by atoms with Crippen LogP contribution < -0.4 is 26.2 Å². The van der Waals surface area contributed by atoms with Gasteiger partial charge in [-0.3, -0.25) is 0 Å². The smallest absolute Gasteiger partial charge is 0.252 e. The van der Waals surface area contributed by atoms with E-state index in [1.165, 1.54) is 0 Å². The zero-order valence-corrected chi connectivity index (χ0v) is 50.5. The van der Waals surface area contributed by atoms with E-state index in [-0.39, 0.29) is 61.7 Å². The predicted molar refractivity (Wildman–Crippen MR) is 399 cm³/mol. The van der Waals surface area contributed by atoms with E-state index in [0.29, 0.717) is 60.5 Å². The Balaban J connectivity index is 1.04. The van der Waals surface area contributed by atoms with Crippen LogP contribution in [0.25, 0.3) is 132 Å². The van der Waals surface area contributed by atoms with E-state index in [9.17, 15) is 26.0 Å². The molecule has 0 aliphatic carbocycles. The first-order valence-electron chi connectivity index (χ1n) is 43.8. The maximum absolute atomic E-state index is 11.7. The molecule has 14 aromatic carbocycles. The molecule has 95 heavy (non-hydrogen) atoms. The molecule has 0 saturated carbocycles. The lowest BCUT2D eigenvalue weighted by Gasteiger charge is -2.45. The fourth-order valence-electron chi connectivity index (χ4n) is 14.2. The van der Waals surface area contributed by atoms with Crippen LogP contribution in [0.2, 0.25) is 0 Å². The first-order chi connectivity index (χ1) is 57.6. The SMILES string of the molecule is [2H]c1c([2H])c([2H])c(-c2c([2H])c([2H])c3c(c2[2H])c2c([2H])c([2H])c([2H])c([2H])c2n3-c2c([2H])c([2H])c3c(c2[2H])N(c2c(-c4ccccc4)ccc4c2oc2ccccc24)c2cc(C(C)(C)C)cc4c2B3c2c([2H])c([2H])c(-n3c5c([2H])c([2H])c([2H])c([2H])c5c5c([2H])c([2H])c([2H])c([2H])c53)c([2H])c2N4c2c(-c3ccccc3)ccc3c2oc2ccccc23)c([2H])c1[2H]. The van der Waals surface area contributed by atoms with E-state index in [1.54, 1.807) is 34.1 Å². The van der Waals surface area contributed by atoms with E-state index in [1.807, 2.05) is 142 Å². The van der Waals surface area contributed by atoms with E-state index in [0.717, 1.165) is 9.13 Å². The lowest BCUT2D eigenvalue weighted by molar-refractivity contribution is 0.590. The molecular formula is C88H59BN4O2. The van der Waals surface area contributed by atoms with Crippen molar-refractivity contribution in [2.24, 2.45) is 0 Å². The minimum Gasteiger partial charge on any atom is -0.454 e. The summed E-state index contributed by atoms with van der Waals surface area (Å²) in [6, 6.07) is 23.1. The average molecular weight is 1240 g/mol. The molecule has 20 rings (SSSR count). The third kappa shape index (κ3) is 7.87. The summed E-state index contributed by atoms with van der Waals surface area (Å²) in [4.78, 5) is 3.45. The highest BCUT2D eigenvalue weighted by Gasteiger charge is 2.46. The Kier molecular flexibility index (Phi) is 7.24. The van der Waals surface area contributed by atoms with E-state index < -0.39 is 235 Å². The first kappa shape index (κ1) is 34.0. The minimum atomic E-state index is -1.74. The van der Waals surface area contributed by atoms with Crippen molar-refractivity contribution in [3.63, 3.8) is 0 Å². The Bertz CT molecular complexity index is 7750. The zero-order valence-electron chi connectivity index (χ0n) is 76.5. The van der Waals surface area contributed by atoms with Crippen molar-refractivity contribution in [1.29, 1.82) is 0 Å². The van der Waals surface area contributed by atoms with Gasteiger partial charge >= 0.3 is 0 Å². The summed E-state index contributed by atoms with van der Waals surface area (Å²) in [5.41, 5.74) is -1.97. The monoisotopic (exact) mass is 1240 g/mol. The number of benzene rings is 14. The summed E-state index contributed by atoms with van der Waals surface area (Å²) in [5, 5.41) is 0.558. The number of hydrogen-bond donors (Lipinski definition) is 0. The van der Waals surface area contributed by atoms with E-state index >= 15 is 0 Å². The number of para-hydroxylation sites is 5. The van der Waals surface area contributed by atoms with Crippen LogP contribution in [-0.2, 0) is 5.41 Å². The van der Waals surface area contributed by atoms with Gasteiger partial charge in [0.25, 0.3) is 6.71 Å². The molecular weight excluding hydrogens is 1160 g/mol. The second kappa shape index (κ2) is 20.2. The summed E-state index contributed by atoms with van der Waals surface area (Å²) in [6.07, 6.45) is 0. The van der Waals surface area contributed by atoms with Gasteiger partial charge < -0.3 is 27.8 Å². The van der Waals surface area contributed by atoms with Gasteiger partial charge in [0.2, 0.25) is 0 Å². The Morgan fingerprint density at radius 1 is 0.347 bits per heavy atom. The number of hydrogen-bond acceptors (Lipinski definition) is 4. The molecule has 0 saturated heterocycles. The second-order valence-electron chi connectivity index (χ2n) is 24.7. The molecule has 6 heterocycles. The molecule has 446 valence electrons. The molecule has 7 heteroatoms. The standard InChI is InChI=1S/C88H59BN4O2/c1-88(2,3)58-50-79-83-80(51-58)93(85-62(56-27-11-6-12-28-56)43-45-69-67-33-17-22-38-82(67)95-87(69)85)78-53-60(91-75-36-20-15-31-65(75)70-49-57(39-48-76(70)91)54-23-7-4-8-24-54)41-47-72(78)89(83)71-46-40-59(90-73-34-18-13-29-63(73)64-30-14-19-35-74(64)90)52-77(71)92(79)84-61(55-25-9-5-10-26-55)42-44-68-66-32-16-21-37-81(66)94-86(68)84/h4-53H,1-3H3/i4D,7D,8D,13D,14D,15D,18D,19D,20D,23D,24D,29D,30D,31D,34D,35D,36D,39D,40D,41D,46D,47D,48D,49D,52D,53D. The van der Waals surface area contributed by atoms with Crippen LogP contribution in [0.15, 0.2) is 312 Å². The Morgan fingerprint density at radius 3 is 1.28 bits per heavy atom. The fourth-order valence-corrected chi connectivity index (χ4v) is 14.2. The predicted octanol–water partition coefficient (Wildman–Crippen LogP) is 22.1. The summed E-state index contributed by atoms with van der Waals surface area (Å²) in [5.74, 6) is 0. The first-order valence-corrected chi connectivity index (χ1v) is 30.8. The van der Waals surface area contributed by atoms with Gasteiger partial charge in [0.1, 0.15) is 11.2 Å². The minimum absolute atomic E-state index is 0.182. The lowest BCUT2D eigenvalue weighted by Crippen LogP contribution is -2.61. The molecule has 0 radical (unpaired) electrons. The quantitative estimate of drug-likeness (QED) is 0.149. The van der Waals surface area contributed by atoms with Crippen LogP contribution >= 0.6 is 0 Å². The molecule has 6 nitrogen and oxygen atoms in total. The molecule has 2 aliphatic heterocycles. The number of nitrogens with zero attached hydrogens (tertiary/aromatic N) is 4. The molecule has 2 aliphatic rings. The highest BCUT2D eigenvalue weighted by atomic mass is 16.3. The Morgan fingerprint density at radius 2 is 0.789 bits per heavy atom. The van der Waals surface area contributed by atoms with Crippen molar-refractivity contribution in [1.82, 2.24) is 9.13 Å². The van der Waals surface area contributed by atoms with Crippen LogP contribution in [0.1, 0.15) is 62.0 Å². The van der Waals surface area contributed by atoms with E-state index in [4.69, 9.17) is 18.4 Å². The third-order valence-electron chi connectivity index (χ3n) is 18.5. The highest BCUT2D eigenvalue weighted by Crippen LogP contribution is 2.55. The summed E-state index contributed by atoms with van der Waals surface area (Å²) < 4.78 is 272. The van der Waals surface area contributed by atoms with Crippen LogP contribution in [0.3, 0.4) is 0 Å². The largest absolute Gasteiger partial charge is 0.454 e. The topological polar surface area (TPSA) is 42.6 Å². The highest BCUT2D eigenvalue weighted by molar-refractivity contribution is 7.00. The number of rotatable bonds is 7. The lowest BCUT2D eigenvalue weighted by atomic mass is 9.33. The normalized spacial score (nSPS) is 16.8. The van der Waals surface area contributed by atoms with Crippen molar-refractivity contribution in [3.05, 3.63) is 308 Å². The third-order valence-corrected chi connectivity index (χ3v) is 18.5. The molecule has 0 N–H and O–H groups in total. The number of furan rings is 2. The molecule has 0 amide bonds. The van der Waals surface area contributed by atoms with Gasteiger partial charge in [-0.25, -0.2) is 0 Å². The van der Waals surface area contributed by atoms with Gasteiger partial charge in [-0.05, 0) is 140 Å². The average Bonchev–Trinajstić information content (AvgIpc) is 1.32. The maximum Gasteiger partial charge on any atom is 0.252 e. The number of anilines is 6. The molecule has 0 atom stereocenters. The van der Waals surface area contributed by atoms with Crippen molar-refractivity contribution < 1.29 is 44.5 Å². The second-order valence-corrected chi connectivity index (χ2v) is 24.7.